The molecule has 4 rings (SSSR count). The maximum absolute atomic E-state index is 14.1. The largest absolute Gasteiger partial charge is 0.481 e. The molecule has 3 aromatic rings. The zero-order valence-electron chi connectivity index (χ0n) is 20.4. The van der Waals surface area contributed by atoms with E-state index in [1.54, 1.807) is 0 Å². The molecule has 1 aromatic heterocycles. The number of aryl methyl sites for hydroxylation is 1. The number of thiazole rings is 1. The van der Waals surface area contributed by atoms with E-state index < -0.39 is 23.5 Å². The summed E-state index contributed by atoms with van der Waals surface area (Å²) < 4.78 is 53.9. The normalized spacial score (nSPS) is 17.3. The molecule has 1 aliphatic heterocycles. The van der Waals surface area contributed by atoms with E-state index in [9.17, 15) is 22.4 Å². The number of carboxylic acid groups (broad SMARTS) is 1. The summed E-state index contributed by atoms with van der Waals surface area (Å²) >= 11 is 1.16. The van der Waals surface area contributed by atoms with Crippen LogP contribution in [-0.2, 0) is 23.9 Å². The van der Waals surface area contributed by atoms with Crippen molar-refractivity contribution in [3.05, 3.63) is 58.4 Å². The predicted molar refractivity (Wildman–Crippen MR) is 133 cm³/mol. The number of anilines is 1. The third-order valence-electron chi connectivity index (χ3n) is 6.29. The molecule has 1 atom stereocenters. The molecule has 2 heterocycles. The van der Waals surface area contributed by atoms with Crippen molar-refractivity contribution in [2.45, 2.75) is 52.4 Å². The highest BCUT2D eigenvalue weighted by Gasteiger charge is 2.35. The average Bonchev–Trinajstić information content (AvgIpc) is 3.13. The van der Waals surface area contributed by atoms with Crippen molar-refractivity contribution >= 4 is 32.7 Å². The summed E-state index contributed by atoms with van der Waals surface area (Å²) in [7, 11) is 0. The van der Waals surface area contributed by atoms with Gasteiger partial charge in [-0.25, -0.2) is 9.37 Å². The second-order valence-electron chi connectivity index (χ2n) is 9.90. The molecule has 1 saturated heterocycles. The van der Waals surface area contributed by atoms with E-state index in [1.165, 1.54) is 0 Å². The highest BCUT2D eigenvalue weighted by Crippen LogP contribution is 2.38. The number of hydrogen-bond acceptors (Lipinski definition) is 5. The van der Waals surface area contributed by atoms with Gasteiger partial charge in [-0.15, -0.1) is 0 Å². The van der Waals surface area contributed by atoms with Crippen LogP contribution in [0.25, 0.3) is 10.2 Å². The topological polar surface area (TPSA) is 56.7 Å². The first-order valence-electron chi connectivity index (χ1n) is 11.9. The van der Waals surface area contributed by atoms with Crippen molar-refractivity contribution in [2.24, 2.45) is 5.92 Å². The average molecular weight is 524 g/mol. The summed E-state index contributed by atoms with van der Waals surface area (Å²) in [5.41, 5.74) is 1.81. The minimum atomic E-state index is -4.76. The zero-order chi connectivity index (χ0) is 26.2. The Morgan fingerprint density at radius 2 is 1.89 bits per heavy atom. The van der Waals surface area contributed by atoms with E-state index in [2.05, 4.69) is 34.7 Å². The lowest BCUT2D eigenvalue weighted by molar-refractivity contribution is -0.140. The van der Waals surface area contributed by atoms with Gasteiger partial charge in [0.15, 0.2) is 5.13 Å². The zero-order valence-corrected chi connectivity index (χ0v) is 21.2. The van der Waals surface area contributed by atoms with Crippen LogP contribution in [0.5, 0.6) is 0 Å². The van der Waals surface area contributed by atoms with Crippen LogP contribution >= 0.6 is 11.3 Å². The van der Waals surface area contributed by atoms with Gasteiger partial charge in [0, 0.05) is 38.3 Å². The van der Waals surface area contributed by atoms with Crippen LogP contribution in [0.4, 0.5) is 22.7 Å². The Labute approximate surface area is 211 Å². The first kappa shape index (κ1) is 26.3. The molecule has 0 radical (unpaired) electrons. The maximum Gasteiger partial charge on any atom is 0.419 e. The summed E-state index contributed by atoms with van der Waals surface area (Å²) in [5, 5.41) is 9.76. The van der Waals surface area contributed by atoms with Crippen LogP contribution in [0.15, 0.2) is 30.3 Å². The summed E-state index contributed by atoms with van der Waals surface area (Å²) in [6.45, 7) is 8.97. The number of piperazine rings is 1. The number of aliphatic carboxylic acids is 1. The fourth-order valence-corrected chi connectivity index (χ4v) is 6.00. The number of hydrogen-bond donors (Lipinski definition) is 1. The Morgan fingerprint density at radius 1 is 1.17 bits per heavy atom. The molecule has 1 N–H and O–H groups in total. The fraction of sp³-hybridized carbons (Fsp3) is 0.462. The van der Waals surface area contributed by atoms with E-state index in [0.29, 0.717) is 28.8 Å². The van der Waals surface area contributed by atoms with Crippen LogP contribution in [0.2, 0.25) is 0 Å². The Kier molecular flexibility index (Phi) is 7.56. The van der Waals surface area contributed by atoms with Crippen LogP contribution < -0.4 is 4.90 Å². The second kappa shape index (κ2) is 10.3. The molecule has 10 heteroatoms. The molecule has 0 amide bonds. The molecule has 0 spiro atoms. The summed E-state index contributed by atoms with van der Waals surface area (Å²) in [4.78, 5) is 20.1. The van der Waals surface area contributed by atoms with Gasteiger partial charge in [-0.3, -0.25) is 9.69 Å². The van der Waals surface area contributed by atoms with E-state index in [-0.39, 0.29) is 18.0 Å². The lowest BCUT2D eigenvalue weighted by Gasteiger charge is -2.42. The predicted octanol–water partition coefficient (Wildman–Crippen LogP) is 6.13. The Bertz CT molecular complexity index is 1260. The smallest absolute Gasteiger partial charge is 0.419 e. The SMILES string of the molecule is Cc1cc(CC(=O)O)cc(CN2CCN(c3nc4cc(F)c(C(F)(F)F)cc4s3)[C@H](CC(C)C)C2)c1. The van der Waals surface area contributed by atoms with Gasteiger partial charge >= 0.3 is 12.1 Å². The molecule has 36 heavy (non-hydrogen) atoms. The Balaban J connectivity index is 1.56. The molecule has 1 fully saturated rings. The molecular formula is C26H29F4N3O2S. The maximum atomic E-state index is 14.1. The van der Waals surface area contributed by atoms with Gasteiger partial charge in [0.25, 0.3) is 0 Å². The van der Waals surface area contributed by atoms with Crippen molar-refractivity contribution in [3.8, 4) is 0 Å². The number of aromatic nitrogens is 1. The Hall–Kier alpha value is -2.72. The first-order valence-corrected chi connectivity index (χ1v) is 12.7. The number of benzene rings is 2. The molecule has 1 aliphatic rings. The number of nitrogens with zero attached hydrogens (tertiary/aromatic N) is 3. The molecule has 0 bridgehead atoms. The second-order valence-corrected chi connectivity index (χ2v) is 10.9. The monoisotopic (exact) mass is 523 g/mol. The number of carbonyl (C=O) groups is 1. The summed E-state index contributed by atoms with van der Waals surface area (Å²) in [6, 6.07) is 7.71. The first-order chi connectivity index (χ1) is 16.9. The van der Waals surface area contributed by atoms with Crippen LogP contribution in [0.3, 0.4) is 0 Å². The van der Waals surface area contributed by atoms with E-state index in [0.717, 1.165) is 59.7 Å². The lowest BCUT2D eigenvalue weighted by atomic mass is 9.99. The number of fused-ring (bicyclic) bond motifs is 1. The molecule has 0 aliphatic carbocycles. The minimum absolute atomic E-state index is 0.0211. The van der Waals surface area contributed by atoms with Crippen molar-refractivity contribution in [1.82, 2.24) is 9.88 Å². The minimum Gasteiger partial charge on any atom is -0.481 e. The van der Waals surface area contributed by atoms with Crippen molar-refractivity contribution < 1.29 is 27.5 Å². The van der Waals surface area contributed by atoms with Gasteiger partial charge < -0.3 is 10.0 Å². The third-order valence-corrected chi connectivity index (χ3v) is 7.34. The quantitative estimate of drug-likeness (QED) is 0.378. The molecule has 0 unspecified atom stereocenters. The molecule has 0 saturated carbocycles. The van der Waals surface area contributed by atoms with Gasteiger partial charge in [-0.1, -0.05) is 48.9 Å². The highest BCUT2D eigenvalue weighted by molar-refractivity contribution is 7.22. The van der Waals surface area contributed by atoms with Crippen LogP contribution in [0, 0.1) is 18.7 Å². The summed E-state index contributed by atoms with van der Waals surface area (Å²) in [5.74, 6) is -1.78. The van der Waals surface area contributed by atoms with Gasteiger partial charge in [-0.2, -0.15) is 13.2 Å². The number of rotatable bonds is 7. The number of halogens is 4. The van der Waals surface area contributed by atoms with E-state index in [1.807, 2.05) is 19.1 Å². The molecular weight excluding hydrogens is 494 g/mol. The fourth-order valence-electron chi connectivity index (χ4n) is 4.91. The Morgan fingerprint density at radius 3 is 2.56 bits per heavy atom. The highest BCUT2D eigenvalue weighted by atomic mass is 32.1. The number of carboxylic acids is 1. The summed E-state index contributed by atoms with van der Waals surface area (Å²) in [6.07, 6.45) is -3.91. The standard InChI is InChI=1S/C26H29F4N3O2S/c1-15(2)6-19-14-32(13-18-8-16(3)7-17(9-18)10-24(34)35)4-5-33(19)25-31-22-12-21(27)20(26(28,29)30)11-23(22)36-25/h7-9,11-12,15,19H,4-6,10,13-14H2,1-3H3,(H,34,35)/t19-/m1/s1. The van der Waals surface area contributed by atoms with Gasteiger partial charge in [-0.05, 0) is 36.5 Å². The van der Waals surface area contributed by atoms with E-state index >= 15 is 0 Å². The van der Waals surface area contributed by atoms with Gasteiger partial charge in [0.1, 0.15) is 5.82 Å². The molecule has 2 aromatic carbocycles. The molecule has 194 valence electrons. The van der Waals surface area contributed by atoms with Gasteiger partial charge in [0.05, 0.1) is 22.2 Å². The van der Waals surface area contributed by atoms with Gasteiger partial charge in [0.2, 0.25) is 0 Å². The van der Waals surface area contributed by atoms with Crippen molar-refractivity contribution in [1.29, 1.82) is 0 Å². The van der Waals surface area contributed by atoms with Crippen LogP contribution in [0.1, 0.15) is 42.5 Å². The third kappa shape index (κ3) is 6.15. The lowest BCUT2D eigenvalue weighted by Crippen LogP contribution is -2.53. The van der Waals surface area contributed by atoms with E-state index in [4.69, 9.17) is 5.11 Å². The van der Waals surface area contributed by atoms with Crippen LogP contribution in [-0.4, -0.2) is 46.6 Å². The number of alkyl halides is 3. The molecule has 5 nitrogen and oxygen atoms in total. The van der Waals surface area contributed by atoms with Crippen molar-refractivity contribution in [3.63, 3.8) is 0 Å². The van der Waals surface area contributed by atoms with Crippen molar-refractivity contribution in [2.75, 3.05) is 24.5 Å².